The summed E-state index contributed by atoms with van der Waals surface area (Å²) in [5, 5.41) is 6.17. The molecule has 0 unspecified atom stereocenters. The van der Waals surface area contributed by atoms with Gasteiger partial charge in [0, 0.05) is 18.5 Å². The van der Waals surface area contributed by atoms with E-state index in [1.165, 1.54) is 0 Å². The van der Waals surface area contributed by atoms with E-state index in [1.54, 1.807) is 0 Å². The minimum atomic E-state index is -0.128. The largest absolute Gasteiger partial charge is 0.378 e. The highest BCUT2D eigenvalue weighted by atomic mass is 16.5. The molecule has 0 aromatic rings. The monoisotopic (exact) mass is 200 g/mol. The predicted octanol–water partition coefficient (Wildman–Crippen LogP) is 0.280. The van der Waals surface area contributed by atoms with Crippen LogP contribution in [-0.2, 0) is 9.53 Å². The zero-order valence-corrected chi connectivity index (χ0v) is 9.22. The molecule has 1 heterocycles. The number of amides is 1. The summed E-state index contributed by atoms with van der Waals surface area (Å²) in [6, 6.07) is 0.456. The Hall–Kier alpha value is -0.610. The van der Waals surface area contributed by atoms with Crippen molar-refractivity contribution in [1.29, 1.82) is 0 Å². The number of hydrogen-bond donors (Lipinski definition) is 2. The first kappa shape index (κ1) is 11.5. The first-order valence-corrected chi connectivity index (χ1v) is 5.09. The fourth-order valence-electron chi connectivity index (χ4n) is 1.22. The summed E-state index contributed by atoms with van der Waals surface area (Å²) < 4.78 is 5.01. The molecular weight excluding hydrogens is 180 g/mol. The summed E-state index contributed by atoms with van der Waals surface area (Å²) in [5.41, 5.74) is -0.128. The Morgan fingerprint density at radius 2 is 2.07 bits per heavy atom. The maximum Gasteiger partial charge on any atom is 0.221 e. The van der Waals surface area contributed by atoms with Crippen molar-refractivity contribution in [1.82, 2.24) is 10.6 Å². The second kappa shape index (κ2) is 4.75. The van der Waals surface area contributed by atoms with Gasteiger partial charge < -0.3 is 15.4 Å². The van der Waals surface area contributed by atoms with Crippen LogP contribution in [-0.4, -0.2) is 37.2 Å². The maximum absolute atomic E-state index is 11.4. The minimum absolute atomic E-state index is 0.102. The van der Waals surface area contributed by atoms with Crippen LogP contribution < -0.4 is 10.6 Å². The van der Waals surface area contributed by atoms with E-state index >= 15 is 0 Å². The molecule has 1 fully saturated rings. The van der Waals surface area contributed by atoms with E-state index in [2.05, 4.69) is 10.6 Å². The van der Waals surface area contributed by atoms with E-state index in [4.69, 9.17) is 4.74 Å². The molecule has 0 atom stereocenters. The number of rotatable bonds is 4. The van der Waals surface area contributed by atoms with Gasteiger partial charge in [0.05, 0.1) is 19.3 Å². The topological polar surface area (TPSA) is 50.4 Å². The highest BCUT2D eigenvalue weighted by Crippen LogP contribution is 2.00. The van der Waals surface area contributed by atoms with Gasteiger partial charge in [0.25, 0.3) is 0 Å². The van der Waals surface area contributed by atoms with Crippen LogP contribution in [0.15, 0.2) is 0 Å². The van der Waals surface area contributed by atoms with Gasteiger partial charge >= 0.3 is 0 Å². The smallest absolute Gasteiger partial charge is 0.221 e. The van der Waals surface area contributed by atoms with E-state index in [-0.39, 0.29) is 11.4 Å². The third-order valence-corrected chi connectivity index (χ3v) is 1.94. The van der Waals surface area contributed by atoms with Crippen molar-refractivity contribution >= 4 is 5.91 Å². The highest BCUT2D eigenvalue weighted by molar-refractivity contribution is 5.76. The van der Waals surface area contributed by atoms with Crippen molar-refractivity contribution in [2.45, 2.75) is 38.8 Å². The van der Waals surface area contributed by atoms with Gasteiger partial charge in [0.1, 0.15) is 0 Å². The summed E-state index contributed by atoms with van der Waals surface area (Å²) in [6.07, 6.45) is 0.535. The van der Waals surface area contributed by atoms with Crippen LogP contribution in [0.4, 0.5) is 0 Å². The molecule has 4 nitrogen and oxygen atoms in total. The summed E-state index contributed by atoms with van der Waals surface area (Å²) in [6.45, 7) is 8.24. The molecule has 0 bridgehead atoms. The highest BCUT2D eigenvalue weighted by Gasteiger charge is 2.18. The van der Waals surface area contributed by atoms with Crippen LogP contribution in [0.25, 0.3) is 0 Å². The standard InChI is InChI=1S/C10H20N2O2/c1-10(2,3)12-9(13)4-5-11-8-6-14-7-8/h8,11H,4-7H2,1-3H3,(H,12,13). The molecule has 4 heteroatoms. The quantitative estimate of drug-likeness (QED) is 0.685. The fraction of sp³-hybridized carbons (Fsp3) is 0.900. The van der Waals surface area contributed by atoms with Gasteiger partial charge in [0.15, 0.2) is 0 Å². The SMILES string of the molecule is CC(C)(C)NC(=O)CCNC1COC1. The molecule has 0 radical (unpaired) electrons. The Morgan fingerprint density at radius 1 is 1.43 bits per heavy atom. The lowest BCUT2D eigenvalue weighted by molar-refractivity contribution is -0.122. The van der Waals surface area contributed by atoms with Crippen LogP contribution in [0.1, 0.15) is 27.2 Å². The molecular formula is C10H20N2O2. The first-order valence-electron chi connectivity index (χ1n) is 5.09. The number of carbonyl (C=O) groups excluding carboxylic acids is 1. The van der Waals surface area contributed by atoms with Gasteiger partial charge in [-0.2, -0.15) is 0 Å². The van der Waals surface area contributed by atoms with Gasteiger partial charge in [-0.25, -0.2) is 0 Å². The minimum Gasteiger partial charge on any atom is -0.378 e. The average Bonchev–Trinajstić information content (AvgIpc) is 1.90. The molecule has 1 aliphatic heterocycles. The van der Waals surface area contributed by atoms with Crippen LogP contribution in [0.3, 0.4) is 0 Å². The van der Waals surface area contributed by atoms with E-state index in [1.807, 2.05) is 20.8 Å². The number of hydrogen-bond acceptors (Lipinski definition) is 3. The van der Waals surface area contributed by atoms with E-state index in [9.17, 15) is 4.79 Å². The summed E-state index contributed by atoms with van der Waals surface area (Å²) >= 11 is 0. The summed E-state index contributed by atoms with van der Waals surface area (Å²) in [4.78, 5) is 11.4. The van der Waals surface area contributed by atoms with Crippen LogP contribution in [0.5, 0.6) is 0 Å². The third-order valence-electron chi connectivity index (χ3n) is 1.94. The van der Waals surface area contributed by atoms with Crippen LogP contribution >= 0.6 is 0 Å². The zero-order chi connectivity index (χ0) is 10.6. The molecule has 14 heavy (non-hydrogen) atoms. The molecule has 2 N–H and O–H groups in total. The van der Waals surface area contributed by atoms with Crippen molar-refractivity contribution in [3.05, 3.63) is 0 Å². The van der Waals surface area contributed by atoms with Crippen molar-refractivity contribution < 1.29 is 9.53 Å². The van der Waals surface area contributed by atoms with Crippen molar-refractivity contribution in [3.63, 3.8) is 0 Å². The zero-order valence-electron chi connectivity index (χ0n) is 9.22. The van der Waals surface area contributed by atoms with E-state index in [0.29, 0.717) is 12.5 Å². The van der Waals surface area contributed by atoms with E-state index < -0.39 is 0 Å². The molecule has 0 aromatic heterocycles. The second-order valence-electron chi connectivity index (χ2n) is 4.74. The van der Waals surface area contributed by atoms with Crippen molar-refractivity contribution in [2.24, 2.45) is 0 Å². The Morgan fingerprint density at radius 3 is 2.50 bits per heavy atom. The fourth-order valence-corrected chi connectivity index (χ4v) is 1.22. The second-order valence-corrected chi connectivity index (χ2v) is 4.74. The molecule has 1 rings (SSSR count). The number of carbonyl (C=O) groups is 1. The van der Waals surface area contributed by atoms with Crippen molar-refractivity contribution in [2.75, 3.05) is 19.8 Å². The molecule has 82 valence electrons. The lowest BCUT2D eigenvalue weighted by Gasteiger charge is -2.27. The third kappa shape index (κ3) is 4.58. The van der Waals surface area contributed by atoms with Gasteiger partial charge in [-0.3, -0.25) is 4.79 Å². The molecule has 1 aliphatic rings. The summed E-state index contributed by atoms with van der Waals surface area (Å²) in [7, 11) is 0. The molecule has 0 aliphatic carbocycles. The molecule has 1 saturated heterocycles. The lowest BCUT2D eigenvalue weighted by atomic mass is 10.1. The Labute approximate surface area is 85.4 Å². The van der Waals surface area contributed by atoms with Gasteiger partial charge in [0.2, 0.25) is 5.91 Å². The summed E-state index contributed by atoms with van der Waals surface area (Å²) in [5.74, 6) is 0.102. The van der Waals surface area contributed by atoms with Crippen molar-refractivity contribution in [3.8, 4) is 0 Å². The molecule has 1 amide bonds. The first-order chi connectivity index (χ1) is 6.47. The Bertz CT molecular complexity index is 195. The molecule has 0 saturated carbocycles. The number of ether oxygens (including phenoxy) is 1. The average molecular weight is 200 g/mol. The lowest BCUT2D eigenvalue weighted by Crippen LogP contribution is -2.47. The molecule has 0 aromatic carbocycles. The van der Waals surface area contributed by atoms with Gasteiger partial charge in [-0.05, 0) is 20.8 Å². The Balaban J connectivity index is 2.02. The van der Waals surface area contributed by atoms with E-state index in [0.717, 1.165) is 19.8 Å². The maximum atomic E-state index is 11.4. The number of nitrogens with one attached hydrogen (secondary N) is 2. The van der Waals surface area contributed by atoms with Gasteiger partial charge in [-0.1, -0.05) is 0 Å². The van der Waals surface area contributed by atoms with Crippen LogP contribution in [0.2, 0.25) is 0 Å². The Kier molecular flexibility index (Phi) is 3.89. The van der Waals surface area contributed by atoms with Gasteiger partial charge in [-0.15, -0.1) is 0 Å². The molecule has 0 spiro atoms. The normalized spacial score (nSPS) is 17.6. The predicted molar refractivity (Wildman–Crippen MR) is 55.1 cm³/mol. The van der Waals surface area contributed by atoms with Crippen LogP contribution in [0, 0.1) is 0 Å².